The molecule has 1 aromatic heterocycles. The van der Waals surface area contributed by atoms with Gasteiger partial charge in [0, 0.05) is 26.3 Å². The molecule has 0 aliphatic carbocycles. The fourth-order valence-corrected chi connectivity index (χ4v) is 2.77. The number of aromatic nitrogens is 1. The van der Waals surface area contributed by atoms with Crippen LogP contribution >= 0.6 is 23.2 Å². The second kappa shape index (κ2) is 9.86. The Morgan fingerprint density at radius 1 is 1.12 bits per heavy atom. The number of hydrogen-bond donors (Lipinski definition) is 2. The first-order valence-corrected chi connectivity index (χ1v) is 9.29. The highest BCUT2D eigenvalue weighted by Gasteiger charge is 2.09. The molecule has 0 aliphatic heterocycles. The molecule has 1 aromatic carbocycles. The molecule has 0 unspecified atom stereocenters. The molecule has 142 valence electrons. The maximum absolute atomic E-state index is 6.09. The first-order chi connectivity index (χ1) is 12.4. The van der Waals surface area contributed by atoms with Crippen LogP contribution in [0.3, 0.4) is 0 Å². The van der Waals surface area contributed by atoms with Gasteiger partial charge in [0.15, 0.2) is 5.96 Å². The van der Waals surface area contributed by atoms with Gasteiger partial charge in [0.1, 0.15) is 5.15 Å². The van der Waals surface area contributed by atoms with Crippen molar-refractivity contribution in [3.05, 3.63) is 57.3 Å². The molecular weight excluding hydrogens is 371 g/mol. The van der Waals surface area contributed by atoms with Gasteiger partial charge in [-0.25, -0.2) is 0 Å². The Labute approximate surface area is 165 Å². The highest BCUT2D eigenvalue weighted by molar-refractivity contribution is 6.41. The Morgan fingerprint density at radius 3 is 2.27 bits per heavy atom. The van der Waals surface area contributed by atoms with Crippen molar-refractivity contribution in [3.63, 3.8) is 0 Å². The Bertz CT molecular complexity index is 739. The number of benzene rings is 1. The van der Waals surface area contributed by atoms with Gasteiger partial charge >= 0.3 is 0 Å². The van der Waals surface area contributed by atoms with E-state index in [1.54, 1.807) is 7.05 Å². The summed E-state index contributed by atoms with van der Waals surface area (Å²) < 4.78 is 7.46. The lowest BCUT2D eigenvalue weighted by Gasteiger charge is -2.13. The number of nitrogens with one attached hydrogen (secondary N) is 2. The molecule has 0 fully saturated rings. The lowest BCUT2D eigenvalue weighted by molar-refractivity contribution is 0.0657. The molecule has 0 spiro atoms. The number of aliphatic imine (C=N–C) groups is 1. The minimum atomic E-state index is 0.236. The number of halogens is 2. The zero-order chi connectivity index (χ0) is 19.1. The van der Waals surface area contributed by atoms with Crippen LogP contribution in [-0.2, 0) is 31.5 Å². The van der Waals surface area contributed by atoms with Gasteiger partial charge in [-0.1, -0.05) is 47.5 Å². The molecule has 0 saturated heterocycles. The van der Waals surface area contributed by atoms with E-state index in [4.69, 9.17) is 27.9 Å². The van der Waals surface area contributed by atoms with Gasteiger partial charge in [0.05, 0.1) is 24.3 Å². The van der Waals surface area contributed by atoms with E-state index in [0.717, 1.165) is 5.69 Å². The minimum Gasteiger partial charge on any atom is -0.374 e. The van der Waals surface area contributed by atoms with Crippen LogP contribution < -0.4 is 10.6 Å². The van der Waals surface area contributed by atoms with Crippen molar-refractivity contribution in [1.82, 2.24) is 15.2 Å². The van der Waals surface area contributed by atoms with Crippen molar-refractivity contribution < 1.29 is 4.74 Å². The predicted molar refractivity (Wildman–Crippen MR) is 109 cm³/mol. The molecule has 26 heavy (non-hydrogen) atoms. The normalized spacial score (nSPS) is 11.9. The minimum absolute atomic E-state index is 0.236. The summed E-state index contributed by atoms with van der Waals surface area (Å²) in [4.78, 5) is 4.24. The molecule has 2 N–H and O–H groups in total. The summed E-state index contributed by atoms with van der Waals surface area (Å²) in [7, 11) is 3.62. The number of nitrogens with zero attached hydrogens (tertiary/aromatic N) is 2. The van der Waals surface area contributed by atoms with E-state index in [1.165, 1.54) is 11.1 Å². The summed E-state index contributed by atoms with van der Waals surface area (Å²) in [5, 5.41) is 7.65. The zero-order valence-electron chi connectivity index (χ0n) is 15.6. The largest absolute Gasteiger partial charge is 0.374 e. The van der Waals surface area contributed by atoms with Crippen LogP contribution in [0.15, 0.2) is 35.3 Å². The third-order valence-corrected chi connectivity index (χ3v) is 4.78. The molecule has 0 radical (unpaired) electrons. The molecule has 5 nitrogen and oxygen atoms in total. The van der Waals surface area contributed by atoms with E-state index in [-0.39, 0.29) is 6.10 Å². The second-order valence-corrected chi connectivity index (χ2v) is 7.05. The van der Waals surface area contributed by atoms with Crippen LogP contribution in [0.2, 0.25) is 10.2 Å². The average Bonchev–Trinajstić information content (AvgIpc) is 2.88. The molecule has 2 aromatic rings. The molecule has 0 bridgehead atoms. The smallest absolute Gasteiger partial charge is 0.191 e. The van der Waals surface area contributed by atoms with Gasteiger partial charge in [-0.05, 0) is 31.0 Å². The molecule has 0 atom stereocenters. The van der Waals surface area contributed by atoms with Gasteiger partial charge < -0.3 is 19.9 Å². The van der Waals surface area contributed by atoms with Crippen molar-refractivity contribution >= 4 is 29.2 Å². The van der Waals surface area contributed by atoms with Gasteiger partial charge in [-0.15, -0.1) is 0 Å². The second-order valence-electron chi connectivity index (χ2n) is 6.29. The summed E-state index contributed by atoms with van der Waals surface area (Å²) in [6.07, 6.45) is 0.236. The topological polar surface area (TPSA) is 50.6 Å². The van der Waals surface area contributed by atoms with Crippen molar-refractivity contribution in [2.45, 2.75) is 39.6 Å². The summed E-state index contributed by atoms with van der Waals surface area (Å²) in [5.74, 6) is 0.714. The van der Waals surface area contributed by atoms with Crippen LogP contribution in [0, 0.1) is 0 Å². The Morgan fingerprint density at radius 2 is 1.73 bits per heavy atom. The molecule has 0 aliphatic rings. The molecule has 0 saturated carbocycles. The monoisotopic (exact) mass is 396 g/mol. The number of rotatable bonds is 7. The van der Waals surface area contributed by atoms with Gasteiger partial charge in [0.25, 0.3) is 0 Å². The number of hydrogen-bond acceptors (Lipinski definition) is 2. The van der Waals surface area contributed by atoms with Crippen molar-refractivity contribution in [1.29, 1.82) is 0 Å². The van der Waals surface area contributed by atoms with Gasteiger partial charge in [-0.2, -0.15) is 0 Å². The quantitative estimate of drug-likeness (QED) is 0.546. The lowest BCUT2D eigenvalue weighted by Crippen LogP contribution is -2.36. The van der Waals surface area contributed by atoms with Crippen molar-refractivity contribution in [3.8, 4) is 0 Å². The van der Waals surface area contributed by atoms with Crippen LogP contribution in [0.1, 0.15) is 30.7 Å². The SMILES string of the molecule is CN=C(NCc1ccc(COC(C)C)cc1)NCc1cc(Cl)c(Cl)n1C. The van der Waals surface area contributed by atoms with E-state index >= 15 is 0 Å². The fraction of sp³-hybridized carbons (Fsp3) is 0.421. The van der Waals surface area contributed by atoms with Crippen molar-refractivity contribution in [2.24, 2.45) is 12.0 Å². The number of ether oxygens (including phenoxy) is 1. The van der Waals surface area contributed by atoms with E-state index in [0.29, 0.717) is 35.8 Å². The summed E-state index contributed by atoms with van der Waals surface area (Å²) in [6.45, 7) is 5.96. The molecule has 1 heterocycles. The first kappa shape index (κ1) is 20.6. The maximum atomic E-state index is 6.09. The Hall–Kier alpha value is -1.69. The third kappa shape index (κ3) is 5.94. The zero-order valence-corrected chi connectivity index (χ0v) is 17.2. The summed E-state index contributed by atoms with van der Waals surface area (Å²) in [5.41, 5.74) is 3.33. The molecular formula is C19H26Cl2N4O. The van der Waals surface area contributed by atoms with E-state index in [1.807, 2.05) is 31.5 Å². The third-order valence-electron chi connectivity index (χ3n) is 3.94. The highest BCUT2D eigenvalue weighted by Crippen LogP contribution is 2.24. The maximum Gasteiger partial charge on any atom is 0.191 e. The van der Waals surface area contributed by atoms with E-state index in [2.05, 4.69) is 39.9 Å². The first-order valence-electron chi connectivity index (χ1n) is 8.54. The van der Waals surface area contributed by atoms with Crippen molar-refractivity contribution in [2.75, 3.05) is 7.05 Å². The highest BCUT2D eigenvalue weighted by atomic mass is 35.5. The van der Waals surface area contributed by atoms with Crippen LogP contribution in [0.25, 0.3) is 0 Å². The molecule has 0 amide bonds. The van der Waals surface area contributed by atoms with Gasteiger partial charge in [0.2, 0.25) is 0 Å². The van der Waals surface area contributed by atoms with Gasteiger partial charge in [-0.3, -0.25) is 4.99 Å². The average molecular weight is 397 g/mol. The Kier molecular flexibility index (Phi) is 7.82. The summed E-state index contributed by atoms with van der Waals surface area (Å²) in [6, 6.07) is 10.2. The van der Waals surface area contributed by atoms with E-state index < -0.39 is 0 Å². The fourth-order valence-electron chi connectivity index (χ4n) is 2.36. The standard InChI is InChI=1S/C19H26Cl2N4O/c1-13(2)26-12-15-7-5-14(6-8-15)10-23-19(22-3)24-11-16-9-17(20)18(21)25(16)4/h5-9,13H,10-12H2,1-4H3,(H2,22,23,24). The lowest BCUT2D eigenvalue weighted by atomic mass is 10.1. The molecule has 7 heteroatoms. The predicted octanol–water partition coefficient (Wildman–Crippen LogP) is 4.12. The van der Waals surface area contributed by atoms with Crippen LogP contribution in [0.4, 0.5) is 0 Å². The van der Waals surface area contributed by atoms with Crippen LogP contribution in [-0.4, -0.2) is 23.7 Å². The molecule has 2 rings (SSSR count). The summed E-state index contributed by atoms with van der Waals surface area (Å²) >= 11 is 12.1. The van der Waals surface area contributed by atoms with Crippen LogP contribution in [0.5, 0.6) is 0 Å². The Balaban J connectivity index is 1.83. The van der Waals surface area contributed by atoms with E-state index in [9.17, 15) is 0 Å². The number of guanidine groups is 1.